The van der Waals surface area contributed by atoms with Crippen LogP contribution in [0.1, 0.15) is 22.5 Å². The van der Waals surface area contributed by atoms with Crippen LogP contribution in [0.3, 0.4) is 0 Å². The third-order valence-corrected chi connectivity index (χ3v) is 5.94. The molecule has 1 aliphatic rings. The molecule has 0 radical (unpaired) electrons. The van der Waals surface area contributed by atoms with Crippen LogP contribution in [-0.4, -0.2) is 11.1 Å². The molecule has 0 atom stereocenters. The summed E-state index contributed by atoms with van der Waals surface area (Å²) in [6.45, 7) is 4.63. The van der Waals surface area contributed by atoms with E-state index in [-0.39, 0.29) is 5.91 Å². The average molecular weight is 457 g/mol. The van der Waals surface area contributed by atoms with Gasteiger partial charge in [0.15, 0.2) is 5.17 Å². The molecule has 1 aliphatic heterocycles. The van der Waals surface area contributed by atoms with Gasteiger partial charge in [-0.05, 0) is 61.5 Å². The number of nitrogens with zero attached hydrogens (tertiary/aromatic N) is 1. The summed E-state index contributed by atoms with van der Waals surface area (Å²) in [4.78, 5) is 17.4. The van der Waals surface area contributed by atoms with Gasteiger partial charge in [-0.1, -0.05) is 52.5 Å². The predicted octanol–water partition coefficient (Wildman–Crippen LogP) is 6.63. The van der Waals surface area contributed by atoms with E-state index in [1.807, 2.05) is 0 Å². The first-order valence-corrected chi connectivity index (χ1v) is 10.8. The van der Waals surface area contributed by atoms with Crippen molar-refractivity contribution in [2.75, 3.05) is 0 Å². The third-order valence-electron chi connectivity index (χ3n) is 4.43. The lowest BCUT2D eigenvalue weighted by molar-refractivity contribution is -0.115. The number of carbonyl (C=O) groups excluding carboxylic acids is 1. The molecular weight excluding hydrogens is 439 g/mol. The maximum Gasteiger partial charge on any atom is 0.264 e. The van der Waals surface area contributed by atoms with Crippen LogP contribution in [0.25, 0.3) is 17.4 Å². The summed E-state index contributed by atoms with van der Waals surface area (Å²) in [6.07, 6.45) is 1.70. The zero-order chi connectivity index (χ0) is 21.3. The highest BCUT2D eigenvalue weighted by Gasteiger charge is 2.24. The number of nitrogens with one attached hydrogen (secondary N) is 1. The molecule has 0 unspecified atom stereocenters. The monoisotopic (exact) mass is 456 g/mol. The van der Waals surface area contributed by atoms with Crippen molar-refractivity contribution in [1.29, 1.82) is 0 Å². The Labute approximate surface area is 189 Å². The van der Waals surface area contributed by atoms with Crippen LogP contribution in [-0.2, 0) is 11.3 Å². The summed E-state index contributed by atoms with van der Waals surface area (Å²) in [5.41, 5.74) is 4.21. The van der Waals surface area contributed by atoms with Crippen molar-refractivity contribution in [1.82, 2.24) is 5.32 Å². The van der Waals surface area contributed by atoms with Gasteiger partial charge in [-0.2, -0.15) is 0 Å². The smallest absolute Gasteiger partial charge is 0.264 e. The number of aryl methyl sites for hydroxylation is 2. The van der Waals surface area contributed by atoms with Crippen LogP contribution in [0.5, 0.6) is 0 Å². The minimum atomic E-state index is -0.196. The molecule has 1 N–H and O–H groups in total. The van der Waals surface area contributed by atoms with Gasteiger partial charge in [0.2, 0.25) is 0 Å². The van der Waals surface area contributed by atoms with Crippen LogP contribution >= 0.6 is 35.0 Å². The number of amidine groups is 1. The molecule has 1 amide bonds. The van der Waals surface area contributed by atoms with Gasteiger partial charge >= 0.3 is 0 Å². The fourth-order valence-corrected chi connectivity index (χ4v) is 4.40. The van der Waals surface area contributed by atoms with E-state index in [9.17, 15) is 4.79 Å². The standard InChI is InChI=1S/C23H18Cl2N2O2S/c1-13-7-14(2)9-15(8-13)12-26-23-27-22(28)21(30-23)11-17-4-6-20(29-17)18-10-16(24)3-5-19(18)25/h3-11H,12H2,1-2H3,(H,26,27,28)/b21-11-. The van der Waals surface area contributed by atoms with Gasteiger partial charge in [0.25, 0.3) is 5.91 Å². The summed E-state index contributed by atoms with van der Waals surface area (Å²) < 4.78 is 5.85. The van der Waals surface area contributed by atoms with E-state index in [1.54, 1.807) is 36.4 Å². The SMILES string of the molecule is Cc1cc(C)cc(CN=C2NC(=O)/C(=C/c3ccc(-c4cc(Cl)ccc4Cl)o3)S2)c1. The topological polar surface area (TPSA) is 54.6 Å². The first-order chi connectivity index (χ1) is 14.4. The van der Waals surface area contributed by atoms with Crippen LogP contribution < -0.4 is 5.32 Å². The van der Waals surface area contributed by atoms with Gasteiger partial charge < -0.3 is 9.73 Å². The largest absolute Gasteiger partial charge is 0.457 e. The van der Waals surface area contributed by atoms with E-state index in [4.69, 9.17) is 27.6 Å². The van der Waals surface area contributed by atoms with E-state index in [1.165, 1.54) is 22.9 Å². The second kappa shape index (κ2) is 8.72. The Morgan fingerprint density at radius 3 is 2.60 bits per heavy atom. The molecule has 1 fully saturated rings. The molecule has 4 rings (SSSR count). The summed E-state index contributed by atoms with van der Waals surface area (Å²) in [7, 11) is 0. The second-order valence-corrected chi connectivity index (χ2v) is 8.88. The molecule has 30 heavy (non-hydrogen) atoms. The second-order valence-electron chi connectivity index (χ2n) is 7.01. The third kappa shape index (κ3) is 4.81. The van der Waals surface area contributed by atoms with Crippen molar-refractivity contribution in [3.8, 4) is 11.3 Å². The number of carbonyl (C=O) groups is 1. The van der Waals surface area contributed by atoms with Crippen LogP contribution in [0.2, 0.25) is 10.0 Å². The quantitative estimate of drug-likeness (QED) is 0.448. The number of amides is 1. The van der Waals surface area contributed by atoms with Crippen LogP contribution in [0.15, 0.2) is 62.8 Å². The highest BCUT2D eigenvalue weighted by molar-refractivity contribution is 8.18. The van der Waals surface area contributed by atoms with E-state index in [2.05, 4.69) is 42.4 Å². The molecule has 2 heterocycles. The zero-order valence-electron chi connectivity index (χ0n) is 16.3. The number of rotatable bonds is 4. The molecule has 152 valence electrons. The fourth-order valence-electron chi connectivity index (χ4n) is 3.22. The molecule has 0 spiro atoms. The average Bonchev–Trinajstić information content (AvgIpc) is 3.28. The van der Waals surface area contributed by atoms with E-state index < -0.39 is 0 Å². The maximum absolute atomic E-state index is 12.3. The van der Waals surface area contributed by atoms with Gasteiger partial charge in [0.1, 0.15) is 11.5 Å². The normalized spacial score (nSPS) is 16.5. The van der Waals surface area contributed by atoms with E-state index in [0.29, 0.717) is 43.7 Å². The van der Waals surface area contributed by atoms with Gasteiger partial charge in [-0.15, -0.1) is 0 Å². The van der Waals surface area contributed by atoms with Gasteiger partial charge in [0, 0.05) is 16.7 Å². The highest BCUT2D eigenvalue weighted by Crippen LogP contribution is 2.33. The molecule has 1 saturated heterocycles. The van der Waals surface area contributed by atoms with Crippen molar-refractivity contribution in [2.24, 2.45) is 4.99 Å². The first-order valence-electron chi connectivity index (χ1n) is 9.25. The molecule has 4 nitrogen and oxygen atoms in total. The van der Waals surface area contributed by atoms with E-state index in [0.717, 1.165) is 5.56 Å². The van der Waals surface area contributed by atoms with Gasteiger partial charge in [-0.3, -0.25) is 9.79 Å². The Morgan fingerprint density at radius 1 is 1.07 bits per heavy atom. The minimum absolute atomic E-state index is 0.196. The van der Waals surface area contributed by atoms with Crippen molar-refractivity contribution in [3.63, 3.8) is 0 Å². The molecule has 7 heteroatoms. The van der Waals surface area contributed by atoms with Gasteiger partial charge in [-0.25, -0.2) is 0 Å². The van der Waals surface area contributed by atoms with Crippen molar-refractivity contribution in [3.05, 3.63) is 85.9 Å². The fraction of sp³-hybridized carbons (Fsp3) is 0.130. The maximum atomic E-state index is 12.3. The molecule has 0 aliphatic carbocycles. The number of furan rings is 1. The van der Waals surface area contributed by atoms with Crippen molar-refractivity contribution < 1.29 is 9.21 Å². The van der Waals surface area contributed by atoms with Gasteiger partial charge in [0.05, 0.1) is 16.5 Å². The Hall–Kier alpha value is -2.47. The lowest BCUT2D eigenvalue weighted by atomic mass is 10.1. The summed E-state index contributed by atoms with van der Waals surface area (Å²) >= 11 is 13.6. The molecule has 0 bridgehead atoms. The Bertz CT molecular complexity index is 1180. The highest BCUT2D eigenvalue weighted by atomic mass is 35.5. The first kappa shape index (κ1) is 20.8. The predicted molar refractivity (Wildman–Crippen MR) is 125 cm³/mol. The van der Waals surface area contributed by atoms with E-state index >= 15 is 0 Å². The molecule has 2 aromatic carbocycles. The molecule has 1 aromatic heterocycles. The lowest BCUT2D eigenvalue weighted by Crippen LogP contribution is -2.19. The number of thioether (sulfide) groups is 1. The number of hydrogen-bond acceptors (Lipinski definition) is 4. The van der Waals surface area contributed by atoms with Crippen LogP contribution in [0, 0.1) is 13.8 Å². The number of halogens is 2. The number of hydrogen-bond donors (Lipinski definition) is 1. The zero-order valence-corrected chi connectivity index (χ0v) is 18.7. The summed E-state index contributed by atoms with van der Waals surface area (Å²) in [5, 5.41) is 4.50. The van der Waals surface area contributed by atoms with Crippen molar-refractivity contribution in [2.45, 2.75) is 20.4 Å². The lowest BCUT2D eigenvalue weighted by Gasteiger charge is -2.02. The Kier molecular flexibility index (Phi) is 6.04. The van der Waals surface area contributed by atoms with Crippen molar-refractivity contribution >= 4 is 52.1 Å². The molecule has 3 aromatic rings. The minimum Gasteiger partial charge on any atom is -0.457 e. The molecule has 0 saturated carbocycles. The molecular formula is C23H18Cl2N2O2S. The summed E-state index contributed by atoms with van der Waals surface area (Å²) in [5.74, 6) is 0.939. The Morgan fingerprint density at radius 2 is 1.83 bits per heavy atom. The Balaban J connectivity index is 1.50. The number of aliphatic imine (C=N–C) groups is 1. The summed E-state index contributed by atoms with van der Waals surface area (Å²) in [6, 6.07) is 15.1. The van der Waals surface area contributed by atoms with Crippen LogP contribution in [0.4, 0.5) is 0 Å². The number of benzene rings is 2.